The molecule has 0 aliphatic rings. The SMILES string of the molecule is CCn1nccc1CN(C)C(=O)c1cccc(COc2cc(C)ccc2C)c1. The second kappa shape index (κ2) is 8.74. The molecule has 0 fully saturated rings. The lowest BCUT2D eigenvalue weighted by molar-refractivity contribution is 0.0781. The van der Waals surface area contributed by atoms with Crippen molar-refractivity contribution in [3.05, 3.63) is 82.7 Å². The summed E-state index contributed by atoms with van der Waals surface area (Å²) in [5.74, 6) is 0.860. The van der Waals surface area contributed by atoms with Gasteiger partial charge in [0.05, 0.1) is 12.2 Å². The summed E-state index contributed by atoms with van der Waals surface area (Å²) < 4.78 is 7.88. The highest BCUT2D eigenvalue weighted by molar-refractivity contribution is 5.94. The van der Waals surface area contributed by atoms with E-state index in [-0.39, 0.29) is 5.91 Å². The van der Waals surface area contributed by atoms with Crippen molar-refractivity contribution in [3.63, 3.8) is 0 Å². The van der Waals surface area contributed by atoms with E-state index in [9.17, 15) is 4.79 Å². The standard InChI is InChI=1S/C23H27N3O2/c1-5-26-21(11-12-24-26)15-25(4)23(27)20-8-6-7-19(14-20)16-28-22-13-17(2)9-10-18(22)3/h6-14H,5,15-16H2,1-4H3. The largest absolute Gasteiger partial charge is 0.489 e. The smallest absolute Gasteiger partial charge is 0.253 e. The topological polar surface area (TPSA) is 47.4 Å². The molecule has 0 bridgehead atoms. The minimum atomic E-state index is -0.0163. The predicted octanol–water partition coefficient (Wildman–Crippen LogP) is 4.37. The molecule has 5 nitrogen and oxygen atoms in total. The maximum atomic E-state index is 12.9. The van der Waals surface area contributed by atoms with E-state index in [0.717, 1.165) is 34.7 Å². The van der Waals surface area contributed by atoms with Gasteiger partial charge in [0, 0.05) is 25.4 Å². The molecular formula is C23H27N3O2. The van der Waals surface area contributed by atoms with Crippen LogP contribution in [-0.4, -0.2) is 27.6 Å². The number of aromatic nitrogens is 2. The van der Waals surface area contributed by atoms with Gasteiger partial charge in [-0.15, -0.1) is 0 Å². The number of hydrogen-bond acceptors (Lipinski definition) is 3. The Morgan fingerprint density at radius 1 is 1.14 bits per heavy atom. The van der Waals surface area contributed by atoms with Gasteiger partial charge in [0.2, 0.25) is 0 Å². The molecule has 0 radical (unpaired) electrons. The fourth-order valence-electron chi connectivity index (χ4n) is 3.13. The zero-order valence-electron chi connectivity index (χ0n) is 17.0. The van der Waals surface area contributed by atoms with E-state index in [1.807, 2.05) is 68.9 Å². The first-order chi connectivity index (χ1) is 13.5. The molecule has 0 atom stereocenters. The highest BCUT2D eigenvalue weighted by Gasteiger charge is 2.14. The van der Waals surface area contributed by atoms with Crippen molar-refractivity contribution in [2.75, 3.05) is 7.05 Å². The number of benzene rings is 2. The molecule has 1 aromatic heterocycles. The van der Waals surface area contributed by atoms with Crippen LogP contribution in [0.3, 0.4) is 0 Å². The van der Waals surface area contributed by atoms with Crippen molar-refractivity contribution in [1.29, 1.82) is 0 Å². The van der Waals surface area contributed by atoms with Crippen molar-refractivity contribution in [3.8, 4) is 5.75 Å². The number of carbonyl (C=O) groups is 1. The summed E-state index contributed by atoms with van der Waals surface area (Å²) in [4.78, 5) is 14.6. The van der Waals surface area contributed by atoms with Gasteiger partial charge in [-0.2, -0.15) is 5.10 Å². The second-order valence-electron chi connectivity index (χ2n) is 7.06. The number of rotatable bonds is 7. The molecule has 0 unspecified atom stereocenters. The van der Waals surface area contributed by atoms with Gasteiger partial charge >= 0.3 is 0 Å². The molecule has 0 spiro atoms. The summed E-state index contributed by atoms with van der Waals surface area (Å²) in [5, 5.41) is 4.26. The minimum Gasteiger partial charge on any atom is -0.489 e. The van der Waals surface area contributed by atoms with Crippen LogP contribution < -0.4 is 4.74 Å². The van der Waals surface area contributed by atoms with Crippen molar-refractivity contribution in [2.45, 2.75) is 40.5 Å². The van der Waals surface area contributed by atoms with Gasteiger partial charge in [0.1, 0.15) is 12.4 Å². The Kier molecular flexibility index (Phi) is 6.14. The number of amides is 1. The van der Waals surface area contributed by atoms with Crippen LogP contribution in [0.15, 0.2) is 54.7 Å². The third-order valence-corrected chi connectivity index (χ3v) is 4.76. The van der Waals surface area contributed by atoms with E-state index in [2.05, 4.69) is 17.2 Å². The van der Waals surface area contributed by atoms with Gasteiger partial charge < -0.3 is 9.64 Å². The van der Waals surface area contributed by atoms with Gasteiger partial charge in [-0.1, -0.05) is 24.3 Å². The fourth-order valence-corrected chi connectivity index (χ4v) is 3.13. The molecule has 2 aromatic carbocycles. The molecule has 0 saturated carbocycles. The Bertz CT molecular complexity index is 962. The predicted molar refractivity (Wildman–Crippen MR) is 110 cm³/mol. The first-order valence-corrected chi connectivity index (χ1v) is 9.53. The van der Waals surface area contributed by atoms with Crippen LogP contribution in [0.2, 0.25) is 0 Å². The molecule has 0 N–H and O–H groups in total. The average Bonchev–Trinajstić information content (AvgIpc) is 3.15. The lowest BCUT2D eigenvalue weighted by atomic mass is 10.1. The molecule has 3 aromatic rings. The molecule has 1 amide bonds. The molecule has 1 heterocycles. The highest BCUT2D eigenvalue weighted by atomic mass is 16.5. The van der Waals surface area contributed by atoms with Crippen LogP contribution in [0.25, 0.3) is 0 Å². The third kappa shape index (κ3) is 4.60. The summed E-state index contributed by atoms with van der Waals surface area (Å²) >= 11 is 0. The van der Waals surface area contributed by atoms with E-state index in [1.165, 1.54) is 0 Å². The Balaban J connectivity index is 1.68. The average molecular weight is 377 g/mol. The first-order valence-electron chi connectivity index (χ1n) is 9.53. The van der Waals surface area contributed by atoms with E-state index < -0.39 is 0 Å². The zero-order valence-corrected chi connectivity index (χ0v) is 17.0. The number of hydrogen-bond donors (Lipinski definition) is 0. The maximum Gasteiger partial charge on any atom is 0.253 e. The van der Waals surface area contributed by atoms with Gasteiger partial charge in [0.15, 0.2) is 0 Å². The minimum absolute atomic E-state index is 0.0163. The van der Waals surface area contributed by atoms with Crippen LogP contribution in [0.5, 0.6) is 5.75 Å². The number of carbonyl (C=O) groups excluding carboxylic acids is 1. The maximum absolute atomic E-state index is 12.9. The number of nitrogens with zero attached hydrogens (tertiary/aromatic N) is 3. The Morgan fingerprint density at radius 2 is 1.96 bits per heavy atom. The highest BCUT2D eigenvalue weighted by Crippen LogP contribution is 2.21. The Morgan fingerprint density at radius 3 is 2.75 bits per heavy atom. The number of aryl methyl sites for hydroxylation is 3. The summed E-state index contributed by atoms with van der Waals surface area (Å²) in [5.41, 5.74) is 4.92. The molecule has 0 aliphatic carbocycles. The molecule has 0 saturated heterocycles. The zero-order chi connectivity index (χ0) is 20.1. The summed E-state index contributed by atoms with van der Waals surface area (Å²) in [7, 11) is 1.81. The summed E-state index contributed by atoms with van der Waals surface area (Å²) in [6.45, 7) is 7.86. The van der Waals surface area contributed by atoms with Crippen molar-refractivity contribution in [1.82, 2.24) is 14.7 Å². The molecule has 3 rings (SSSR count). The lowest BCUT2D eigenvalue weighted by Crippen LogP contribution is -2.27. The molecule has 146 valence electrons. The Labute approximate surface area is 166 Å². The molecular weight excluding hydrogens is 350 g/mol. The quantitative estimate of drug-likeness (QED) is 0.614. The van der Waals surface area contributed by atoms with Crippen LogP contribution in [0, 0.1) is 13.8 Å². The van der Waals surface area contributed by atoms with Crippen LogP contribution in [0.4, 0.5) is 0 Å². The van der Waals surface area contributed by atoms with Gasteiger partial charge in [0.25, 0.3) is 5.91 Å². The van der Waals surface area contributed by atoms with Crippen LogP contribution in [-0.2, 0) is 19.7 Å². The first kappa shape index (κ1) is 19.7. The normalized spacial score (nSPS) is 10.7. The van der Waals surface area contributed by atoms with Crippen LogP contribution in [0.1, 0.15) is 39.7 Å². The second-order valence-corrected chi connectivity index (χ2v) is 7.06. The van der Waals surface area contributed by atoms with Gasteiger partial charge in [-0.25, -0.2) is 0 Å². The molecule has 5 heteroatoms. The van der Waals surface area contributed by atoms with E-state index >= 15 is 0 Å². The van der Waals surface area contributed by atoms with E-state index in [0.29, 0.717) is 18.7 Å². The van der Waals surface area contributed by atoms with Gasteiger partial charge in [-0.05, 0) is 61.7 Å². The third-order valence-electron chi connectivity index (χ3n) is 4.76. The van der Waals surface area contributed by atoms with E-state index in [1.54, 1.807) is 11.1 Å². The monoisotopic (exact) mass is 377 g/mol. The molecule has 0 aliphatic heterocycles. The fraction of sp³-hybridized carbons (Fsp3) is 0.304. The van der Waals surface area contributed by atoms with Gasteiger partial charge in [-0.3, -0.25) is 9.48 Å². The molecule has 28 heavy (non-hydrogen) atoms. The van der Waals surface area contributed by atoms with Crippen molar-refractivity contribution >= 4 is 5.91 Å². The summed E-state index contributed by atoms with van der Waals surface area (Å²) in [6.07, 6.45) is 1.77. The lowest BCUT2D eigenvalue weighted by Gasteiger charge is -2.18. The summed E-state index contributed by atoms with van der Waals surface area (Å²) in [6, 6.07) is 15.7. The Hall–Kier alpha value is -3.08. The number of ether oxygens (including phenoxy) is 1. The van der Waals surface area contributed by atoms with Crippen LogP contribution >= 0.6 is 0 Å². The van der Waals surface area contributed by atoms with Crippen molar-refractivity contribution in [2.24, 2.45) is 0 Å². The van der Waals surface area contributed by atoms with Crippen molar-refractivity contribution < 1.29 is 9.53 Å². The van der Waals surface area contributed by atoms with E-state index in [4.69, 9.17) is 4.74 Å².